The normalized spacial score (nSPS) is 0. The van der Waals surface area contributed by atoms with Gasteiger partial charge in [-0.05, 0) is 0 Å². The Labute approximate surface area is 151 Å². The average Bonchev–Trinajstić information content (AvgIpc) is 0. The van der Waals surface area contributed by atoms with Crippen molar-refractivity contribution in [2.24, 2.45) is 0 Å². The second-order valence-electron chi connectivity index (χ2n) is 0. The minimum Gasteiger partial charge on any atom is 0 e. The van der Waals surface area contributed by atoms with Crippen LogP contribution in [0.15, 0.2) is 0 Å². The first-order valence-corrected chi connectivity index (χ1v) is 0. The number of hydrogen-bond donors (Lipinski definition) is 0. The molecule has 0 unspecified atom stereocenters. The van der Waals surface area contributed by atoms with Gasteiger partial charge in [0.25, 0.3) is 0 Å². The molecule has 0 spiro atoms. The summed E-state index contributed by atoms with van der Waals surface area (Å²) in [6.07, 6.45) is 0. The van der Waals surface area contributed by atoms with E-state index in [0.29, 0.717) is 0 Å². The summed E-state index contributed by atoms with van der Waals surface area (Å²) in [5.74, 6) is 0. The Balaban J connectivity index is 0. The van der Waals surface area contributed by atoms with Crippen molar-refractivity contribution in [2.45, 2.75) is 0 Å². The predicted octanol–water partition coefficient (Wildman–Crippen LogP) is -2.28. The van der Waals surface area contributed by atoms with Crippen LogP contribution in [0.1, 0.15) is 0 Å². The van der Waals surface area contributed by atoms with E-state index in [-0.39, 0.29) is 154 Å². The molecular formula is Ga6La. The maximum absolute atomic E-state index is 0. The topological polar surface area (TPSA) is 0 Å². The SMILES string of the molecule is [Ga].[Ga].[Ga].[Ga].[Ga].[Ga].[La]. The second-order valence-corrected chi connectivity index (χ2v) is 0. The molecule has 7 heteroatoms. The zero-order chi connectivity index (χ0) is 0. The standard InChI is InChI=1S/6Ga.La. The molecule has 0 bridgehead atoms. The molecule has 0 rings (SSSR count). The van der Waals surface area contributed by atoms with Gasteiger partial charge in [0.2, 0.25) is 0 Å². The summed E-state index contributed by atoms with van der Waals surface area (Å²) in [5, 5.41) is 0. The van der Waals surface area contributed by atoms with Crippen LogP contribution in [0, 0.1) is 35.6 Å². The molecule has 0 saturated heterocycles. The molecule has 0 aliphatic rings. The summed E-state index contributed by atoms with van der Waals surface area (Å²) in [5.41, 5.74) is 0. The van der Waals surface area contributed by atoms with Crippen LogP contribution in [0.4, 0.5) is 0 Å². The van der Waals surface area contributed by atoms with Gasteiger partial charge >= 0.3 is 0 Å². The van der Waals surface area contributed by atoms with Crippen LogP contribution in [-0.4, -0.2) is 119 Å². The third-order valence-corrected chi connectivity index (χ3v) is 0. The zero-order valence-electron chi connectivity index (χ0n) is 4.04. The number of rotatable bonds is 0. The molecule has 0 amide bonds. The third kappa shape index (κ3) is 35.6. The Morgan fingerprint density at radius 3 is 0.286 bits per heavy atom. The van der Waals surface area contributed by atoms with E-state index in [0.717, 1.165) is 0 Å². The van der Waals surface area contributed by atoms with Crippen LogP contribution in [0.2, 0.25) is 0 Å². The molecule has 0 aliphatic heterocycles. The summed E-state index contributed by atoms with van der Waals surface area (Å²) in [4.78, 5) is 0. The average molecular weight is 557 g/mol. The van der Waals surface area contributed by atoms with Crippen molar-refractivity contribution < 1.29 is 35.6 Å². The van der Waals surface area contributed by atoms with Crippen LogP contribution in [0.25, 0.3) is 0 Å². The van der Waals surface area contributed by atoms with Gasteiger partial charge in [-0.2, -0.15) is 0 Å². The summed E-state index contributed by atoms with van der Waals surface area (Å²) in [6.45, 7) is 0. The van der Waals surface area contributed by atoms with Gasteiger partial charge in [0, 0.05) is 154 Å². The van der Waals surface area contributed by atoms with Crippen molar-refractivity contribution >= 4 is 119 Å². The van der Waals surface area contributed by atoms with Gasteiger partial charge in [0.15, 0.2) is 0 Å². The molecule has 0 atom stereocenters. The van der Waals surface area contributed by atoms with Gasteiger partial charge in [0.1, 0.15) is 0 Å². The molecule has 0 aromatic rings. The summed E-state index contributed by atoms with van der Waals surface area (Å²) in [6, 6.07) is 0. The smallest absolute Gasteiger partial charge is 0 e. The molecule has 7 heavy (non-hydrogen) atoms. The molecule has 0 heterocycles. The van der Waals surface area contributed by atoms with Crippen LogP contribution in [-0.2, 0) is 0 Å². The quantitative estimate of drug-likeness (QED) is 0.295. The van der Waals surface area contributed by atoms with Crippen LogP contribution < -0.4 is 0 Å². The van der Waals surface area contributed by atoms with Gasteiger partial charge in [-0.25, -0.2) is 0 Å². The first kappa shape index (κ1) is 58.0. The van der Waals surface area contributed by atoms with Gasteiger partial charge < -0.3 is 0 Å². The fraction of sp³-hybridized carbons (Fsp3) is 0. The summed E-state index contributed by atoms with van der Waals surface area (Å²) >= 11 is 0. The van der Waals surface area contributed by atoms with Crippen molar-refractivity contribution in [3.05, 3.63) is 0 Å². The maximum atomic E-state index is 0. The molecule has 0 fully saturated rings. The van der Waals surface area contributed by atoms with Crippen molar-refractivity contribution in [1.29, 1.82) is 0 Å². The van der Waals surface area contributed by atoms with E-state index in [1.807, 2.05) is 0 Å². The van der Waals surface area contributed by atoms with E-state index in [9.17, 15) is 0 Å². The largest absolute Gasteiger partial charge is 0 e. The van der Waals surface area contributed by atoms with E-state index in [4.69, 9.17) is 0 Å². The van der Waals surface area contributed by atoms with Crippen molar-refractivity contribution in [1.82, 2.24) is 0 Å². The molecule has 0 aromatic heterocycles. The van der Waals surface area contributed by atoms with Crippen molar-refractivity contribution in [2.75, 3.05) is 0 Å². The zero-order valence-corrected chi connectivity index (χ0v) is 22.2. The van der Waals surface area contributed by atoms with E-state index in [2.05, 4.69) is 0 Å². The number of hydrogen-bond acceptors (Lipinski definition) is 0. The molecule has 19 radical (unpaired) electrons. The fourth-order valence-electron chi connectivity index (χ4n) is 0. The molecule has 0 aliphatic carbocycles. The first-order chi connectivity index (χ1) is 0. The molecule has 0 nitrogen and oxygen atoms in total. The summed E-state index contributed by atoms with van der Waals surface area (Å²) < 4.78 is 0. The Kier molecular flexibility index (Phi) is 364. The Hall–Kier alpha value is 5.01. The molecule has 0 saturated carbocycles. The van der Waals surface area contributed by atoms with E-state index >= 15 is 0 Å². The maximum Gasteiger partial charge on any atom is 0 e. The minimum absolute atomic E-state index is 0. The second kappa shape index (κ2) is 43.9. The van der Waals surface area contributed by atoms with Crippen LogP contribution >= 0.6 is 0 Å². The van der Waals surface area contributed by atoms with Crippen molar-refractivity contribution in [3.63, 3.8) is 0 Å². The van der Waals surface area contributed by atoms with E-state index in [1.54, 1.807) is 0 Å². The summed E-state index contributed by atoms with van der Waals surface area (Å²) in [7, 11) is 0. The fourth-order valence-corrected chi connectivity index (χ4v) is 0. The van der Waals surface area contributed by atoms with E-state index in [1.165, 1.54) is 0 Å². The Bertz CT molecular complexity index is 4.14. The molecule has 0 N–H and O–H groups in total. The van der Waals surface area contributed by atoms with Gasteiger partial charge in [-0.1, -0.05) is 0 Å². The van der Waals surface area contributed by atoms with Crippen LogP contribution in [0.5, 0.6) is 0 Å². The minimum atomic E-state index is 0. The molecule has 0 aromatic carbocycles. The Morgan fingerprint density at radius 2 is 0.286 bits per heavy atom. The van der Waals surface area contributed by atoms with Crippen molar-refractivity contribution in [3.8, 4) is 0 Å². The van der Waals surface area contributed by atoms with Gasteiger partial charge in [-0.15, -0.1) is 0 Å². The molecule has 21 valence electrons. The van der Waals surface area contributed by atoms with Gasteiger partial charge in [0.05, 0.1) is 0 Å². The molecular weight excluding hydrogens is 557 g/mol. The van der Waals surface area contributed by atoms with E-state index < -0.39 is 0 Å². The van der Waals surface area contributed by atoms with Gasteiger partial charge in [-0.3, -0.25) is 0 Å². The predicted molar refractivity (Wildman–Crippen MR) is 34.5 cm³/mol. The Morgan fingerprint density at radius 1 is 0.286 bits per heavy atom. The monoisotopic (exact) mass is 552 g/mol. The van der Waals surface area contributed by atoms with Crippen LogP contribution in [0.3, 0.4) is 0 Å². The first-order valence-electron chi connectivity index (χ1n) is 0. The third-order valence-electron chi connectivity index (χ3n) is 0.